The van der Waals surface area contributed by atoms with Crippen LogP contribution in [0.3, 0.4) is 0 Å². The Morgan fingerprint density at radius 2 is 1.85 bits per heavy atom. The monoisotopic (exact) mass is 183 g/mol. The van der Waals surface area contributed by atoms with E-state index in [-0.39, 0.29) is 0 Å². The second-order valence-electron chi connectivity index (χ2n) is 3.93. The Bertz CT molecular complexity index is 422. The van der Waals surface area contributed by atoms with Gasteiger partial charge in [0.25, 0.3) is 5.56 Å². The third kappa shape index (κ3) is 1.85. The Balaban J connectivity index is 3.51. The number of nitrogens with zero attached hydrogens (tertiary/aromatic N) is 2. The van der Waals surface area contributed by atoms with Gasteiger partial charge in [0.1, 0.15) is 5.69 Å². The van der Waals surface area contributed by atoms with Crippen molar-refractivity contribution in [2.75, 3.05) is 0 Å². The van der Waals surface area contributed by atoms with E-state index in [1.165, 1.54) is 4.68 Å². The van der Waals surface area contributed by atoms with E-state index in [4.69, 9.17) is 0 Å². The first-order valence-corrected chi connectivity index (χ1v) is 4.03. The number of aromatic nitrogens is 3. The van der Waals surface area contributed by atoms with Crippen LogP contribution in [-0.4, -0.2) is 14.8 Å². The number of hydrogen-bond donors (Lipinski definition) is 1. The zero-order chi connectivity index (χ0) is 10.2. The van der Waals surface area contributed by atoms with Crippen LogP contribution < -0.4 is 11.2 Å². The molecule has 1 heterocycles. The minimum absolute atomic E-state index is 0.300. The molecule has 0 spiro atoms. The van der Waals surface area contributed by atoms with Crippen LogP contribution in [0.4, 0.5) is 0 Å². The zero-order valence-electron chi connectivity index (χ0n) is 8.21. The van der Waals surface area contributed by atoms with Crippen LogP contribution in [0.1, 0.15) is 26.5 Å². The van der Waals surface area contributed by atoms with Gasteiger partial charge in [-0.05, 0) is 27.7 Å². The van der Waals surface area contributed by atoms with Crippen LogP contribution in [0.5, 0.6) is 0 Å². The van der Waals surface area contributed by atoms with Crippen molar-refractivity contribution >= 4 is 0 Å². The Hall–Kier alpha value is -1.39. The average molecular weight is 183 g/mol. The summed E-state index contributed by atoms with van der Waals surface area (Å²) >= 11 is 0. The van der Waals surface area contributed by atoms with Crippen LogP contribution >= 0.6 is 0 Å². The van der Waals surface area contributed by atoms with Gasteiger partial charge >= 0.3 is 5.69 Å². The van der Waals surface area contributed by atoms with E-state index in [2.05, 4.69) is 10.1 Å². The summed E-state index contributed by atoms with van der Waals surface area (Å²) in [6, 6.07) is 0. The lowest BCUT2D eigenvalue weighted by Gasteiger charge is -2.19. The Morgan fingerprint density at radius 3 is 2.31 bits per heavy atom. The summed E-state index contributed by atoms with van der Waals surface area (Å²) in [6.07, 6.45) is 0. The minimum Gasteiger partial charge on any atom is -0.271 e. The topological polar surface area (TPSA) is 67.8 Å². The largest absolute Gasteiger partial charge is 0.345 e. The van der Waals surface area contributed by atoms with Crippen LogP contribution in [-0.2, 0) is 5.54 Å². The van der Waals surface area contributed by atoms with Gasteiger partial charge in [-0.3, -0.25) is 9.78 Å². The summed E-state index contributed by atoms with van der Waals surface area (Å²) in [7, 11) is 0. The van der Waals surface area contributed by atoms with Gasteiger partial charge in [0.2, 0.25) is 0 Å². The summed E-state index contributed by atoms with van der Waals surface area (Å²) < 4.78 is 1.27. The Kier molecular flexibility index (Phi) is 2.11. The lowest BCUT2D eigenvalue weighted by molar-refractivity contribution is 0.326. The lowest BCUT2D eigenvalue weighted by atomic mass is 10.1. The first kappa shape index (κ1) is 9.70. The van der Waals surface area contributed by atoms with Crippen molar-refractivity contribution in [3.63, 3.8) is 0 Å². The van der Waals surface area contributed by atoms with Gasteiger partial charge in [0.15, 0.2) is 0 Å². The molecule has 0 aliphatic carbocycles. The molecule has 0 aliphatic rings. The number of nitrogens with one attached hydrogen (secondary N) is 1. The van der Waals surface area contributed by atoms with E-state index in [1.807, 2.05) is 20.8 Å². The van der Waals surface area contributed by atoms with Crippen LogP contribution in [0.15, 0.2) is 9.59 Å². The van der Waals surface area contributed by atoms with E-state index in [0.29, 0.717) is 5.69 Å². The number of rotatable bonds is 0. The highest BCUT2D eigenvalue weighted by Crippen LogP contribution is 2.06. The standard InChI is InChI=1S/C8H13N3O2/c1-5-6(12)9-7(13)11(10-5)8(2,3)4/h1-4H3,(H,9,12,13). The van der Waals surface area contributed by atoms with Crippen molar-refractivity contribution in [2.24, 2.45) is 0 Å². The maximum atomic E-state index is 11.3. The van der Waals surface area contributed by atoms with E-state index in [1.54, 1.807) is 6.92 Å². The van der Waals surface area contributed by atoms with E-state index >= 15 is 0 Å². The molecular weight excluding hydrogens is 170 g/mol. The molecule has 0 amide bonds. The van der Waals surface area contributed by atoms with Gasteiger partial charge in [-0.2, -0.15) is 5.10 Å². The SMILES string of the molecule is Cc1nn(C(C)(C)C)c(=O)[nH]c1=O. The van der Waals surface area contributed by atoms with E-state index in [9.17, 15) is 9.59 Å². The summed E-state index contributed by atoms with van der Waals surface area (Å²) in [6.45, 7) is 7.11. The molecule has 13 heavy (non-hydrogen) atoms. The molecule has 0 unspecified atom stereocenters. The van der Waals surface area contributed by atoms with Gasteiger partial charge in [0, 0.05) is 0 Å². The fourth-order valence-corrected chi connectivity index (χ4v) is 0.936. The molecule has 0 aromatic carbocycles. The van der Waals surface area contributed by atoms with Gasteiger partial charge in [-0.25, -0.2) is 9.48 Å². The molecule has 1 aromatic heterocycles. The zero-order valence-corrected chi connectivity index (χ0v) is 8.21. The highest BCUT2D eigenvalue weighted by atomic mass is 16.2. The molecule has 1 aromatic rings. The lowest BCUT2D eigenvalue weighted by Crippen LogP contribution is -2.41. The Morgan fingerprint density at radius 1 is 1.31 bits per heavy atom. The quantitative estimate of drug-likeness (QED) is 0.615. The van der Waals surface area contributed by atoms with Gasteiger partial charge in [-0.15, -0.1) is 0 Å². The second-order valence-corrected chi connectivity index (χ2v) is 3.93. The van der Waals surface area contributed by atoms with Gasteiger partial charge < -0.3 is 0 Å². The van der Waals surface area contributed by atoms with Crippen LogP contribution in [0.25, 0.3) is 0 Å². The van der Waals surface area contributed by atoms with Crippen LogP contribution in [0, 0.1) is 6.92 Å². The summed E-state index contributed by atoms with van der Waals surface area (Å²) in [4.78, 5) is 24.5. The molecule has 72 valence electrons. The second kappa shape index (κ2) is 2.83. The first-order valence-electron chi connectivity index (χ1n) is 4.03. The third-order valence-electron chi connectivity index (χ3n) is 1.63. The average Bonchev–Trinajstić information content (AvgIpc) is 1.94. The molecule has 0 radical (unpaired) electrons. The summed E-state index contributed by atoms with van der Waals surface area (Å²) in [5.74, 6) is 0. The predicted molar refractivity (Wildman–Crippen MR) is 48.9 cm³/mol. The summed E-state index contributed by atoms with van der Waals surface area (Å²) in [5, 5.41) is 3.90. The molecule has 0 bridgehead atoms. The highest BCUT2D eigenvalue weighted by molar-refractivity contribution is 4.89. The normalized spacial score (nSPS) is 11.7. The number of hydrogen-bond acceptors (Lipinski definition) is 3. The van der Waals surface area contributed by atoms with Gasteiger partial charge in [-0.1, -0.05) is 0 Å². The maximum Gasteiger partial charge on any atom is 0.345 e. The molecule has 0 saturated heterocycles. The predicted octanol–water partition coefficient (Wildman–Crippen LogP) is -0.00498. The molecule has 5 heteroatoms. The van der Waals surface area contributed by atoms with Crippen molar-refractivity contribution in [1.82, 2.24) is 14.8 Å². The van der Waals surface area contributed by atoms with Gasteiger partial charge in [0.05, 0.1) is 5.54 Å². The highest BCUT2D eigenvalue weighted by Gasteiger charge is 2.16. The smallest absolute Gasteiger partial charge is 0.271 e. The molecule has 1 N–H and O–H groups in total. The van der Waals surface area contributed by atoms with Crippen molar-refractivity contribution in [3.05, 3.63) is 26.5 Å². The molecule has 0 aliphatic heterocycles. The molecule has 1 rings (SSSR count). The molecule has 0 fully saturated rings. The van der Waals surface area contributed by atoms with E-state index in [0.717, 1.165) is 0 Å². The van der Waals surface area contributed by atoms with Crippen molar-refractivity contribution in [3.8, 4) is 0 Å². The Labute approximate surface area is 75.4 Å². The molecule has 0 saturated carbocycles. The number of H-pyrrole nitrogens is 1. The van der Waals surface area contributed by atoms with Crippen molar-refractivity contribution in [1.29, 1.82) is 0 Å². The fourth-order valence-electron chi connectivity index (χ4n) is 0.936. The van der Waals surface area contributed by atoms with Crippen molar-refractivity contribution < 1.29 is 0 Å². The number of aromatic amines is 1. The molecule has 0 atom stereocenters. The first-order chi connectivity index (χ1) is 5.82. The minimum atomic E-state index is -0.469. The summed E-state index contributed by atoms with van der Waals surface area (Å²) in [5.41, 5.74) is -1.00. The van der Waals surface area contributed by atoms with E-state index < -0.39 is 16.8 Å². The van der Waals surface area contributed by atoms with Crippen molar-refractivity contribution in [2.45, 2.75) is 33.2 Å². The van der Waals surface area contributed by atoms with Crippen LogP contribution in [0.2, 0.25) is 0 Å². The molecule has 5 nitrogen and oxygen atoms in total. The number of aryl methyl sites for hydroxylation is 1. The third-order valence-corrected chi connectivity index (χ3v) is 1.63. The molecular formula is C8H13N3O2. The fraction of sp³-hybridized carbons (Fsp3) is 0.625. The maximum absolute atomic E-state index is 11.3.